The monoisotopic (exact) mass is 297 g/mol. The number of aromatic nitrogens is 1. The molecule has 2 aromatic rings. The van der Waals surface area contributed by atoms with Gasteiger partial charge in [0.05, 0.1) is 15.6 Å². The molecule has 0 radical (unpaired) electrons. The van der Waals surface area contributed by atoms with E-state index in [-0.39, 0.29) is 4.90 Å². The fourth-order valence-electron chi connectivity index (χ4n) is 1.66. The third kappa shape index (κ3) is 4.10. The number of rotatable bonds is 5. The first kappa shape index (κ1) is 14.1. The van der Waals surface area contributed by atoms with Gasteiger partial charge in [0.15, 0.2) is 0 Å². The number of hydrogen-bond donors (Lipinski definition) is 2. The summed E-state index contributed by atoms with van der Waals surface area (Å²) in [6.45, 7) is 3.19. The molecule has 3 N–H and O–H groups in total. The summed E-state index contributed by atoms with van der Waals surface area (Å²) in [5.41, 5.74) is 1.86. The molecule has 0 unspecified atom stereocenters. The van der Waals surface area contributed by atoms with E-state index in [1.54, 1.807) is 23.5 Å². The molecular weight excluding hydrogens is 282 g/mol. The molecule has 2 rings (SSSR count). The fourth-order valence-corrected chi connectivity index (χ4v) is 2.85. The summed E-state index contributed by atoms with van der Waals surface area (Å²) in [4.78, 5) is 4.47. The highest BCUT2D eigenvalue weighted by Crippen LogP contribution is 2.10. The third-order valence-corrected chi connectivity index (χ3v) is 4.26. The molecule has 5 nitrogen and oxygen atoms in total. The summed E-state index contributed by atoms with van der Waals surface area (Å²) in [5.74, 6) is 0. The fraction of sp³-hybridized carbons (Fsp3) is 0.250. The summed E-state index contributed by atoms with van der Waals surface area (Å²) in [5, 5.41) is 11.3. The van der Waals surface area contributed by atoms with E-state index in [0.717, 1.165) is 16.3 Å². The van der Waals surface area contributed by atoms with E-state index in [9.17, 15) is 8.42 Å². The molecule has 7 heteroatoms. The van der Waals surface area contributed by atoms with Gasteiger partial charge in [-0.15, -0.1) is 11.3 Å². The lowest BCUT2D eigenvalue weighted by Gasteiger charge is -2.05. The molecule has 0 aliphatic heterocycles. The predicted octanol–water partition coefficient (Wildman–Crippen LogP) is 1.39. The number of hydrogen-bond acceptors (Lipinski definition) is 5. The number of primary sulfonamides is 1. The minimum Gasteiger partial charge on any atom is -0.307 e. The van der Waals surface area contributed by atoms with E-state index >= 15 is 0 Å². The van der Waals surface area contributed by atoms with E-state index < -0.39 is 10.0 Å². The number of aryl methyl sites for hydroxylation is 1. The standard InChI is InChI=1S/C12H15N3O2S2/c1-9-15-11(8-18-9)7-14-6-10-3-2-4-12(5-10)19(13,16)17/h2-5,8,14H,6-7H2,1H3,(H2,13,16,17). The maximum absolute atomic E-state index is 11.2. The van der Waals surface area contributed by atoms with Crippen LogP contribution in [0.5, 0.6) is 0 Å². The van der Waals surface area contributed by atoms with Gasteiger partial charge < -0.3 is 5.32 Å². The summed E-state index contributed by atoms with van der Waals surface area (Å²) < 4.78 is 22.5. The molecular formula is C12H15N3O2S2. The first-order chi connectivity index (χ1) is 8.95. The van der Waals surface area contributed by atoms with Crippen LogP contribution in [0.3, 0.4) is 0 Å². The van der Waals surface area contributed by atoms with Gasteiger partial charge in [-0.25, -0.2) is 18.5 Å². The van der Waals surface area contributed by atoms with Crippen molar-refractivity contribution in [1.82, 2.24) is 10.3 Å². The zero-order valence-corrected chi connectivity index (χ0v) is 12.1. The van der Waals surface area contributed by atoms with Crippen LogP contribution in [0, 0.1) is 6.92 Å². The Labute approximate surface area is 116 Å². The summed E-state index contributed by atoms with van der Waals surface area (Å²) in [6.07, 6.45) is 0. The van der Waals surface area contributed by atoms with Crippen molar-refractivity contribution in [1.29, 1.82) is 0 Å². The van der Waals surface area contributed by atoms with Crippen LogP contribution < -0.4 is 10.5 Å². The highest BCUT2D eigenvalue weighted by atomic mass is 32.2. The molecule has 0 saturated heterocycles. The number of thiazole rings is 1. The molecule has 0 amide bonds. The molecule has 0 atom stereocenters. The quantitative estimate of drug-likeness (QED) is 0.873. The number of benzene rings is 1. The zero-order valence-electron chi connectivity index (χ0n) is 10.5. The van der Waals surface area contributed by atoms with Crippen molar-refractivity contribution in [2.75, 3.05) is 0 Å². The number of nitrogens with two attached hydrogens (primary N) is 1. The second-order valence-corrected chi connectivity index (χ2v) is 6.78. The van der Waals surface area contributed by atoms with Crippen LogP contribution in [0.1, 0.15) is 16.3 Å². The molecule has 102 valence electrons. The molecule has 1 aromatic carbocycles. The second-order valence-electron chi connectivity index (χ2n) is 4.15. The Morgan fingerprint density at radius 2 is 2.16 bits per heavy atom. The van der Waals surface area contributed by atoms with Crippen LogP contribution in [0.15, 0.2) is 34.5 Å². The van der Waals surface area contributed by atoms with Gasteiger partial charge in [-0.3, -0.25) is 0 Å². The summed E-state index contributed by atoms with van der Waals surface area (Å²) >= 11 is 1.61. The smallest absolute Gasteiger partial charge is 0.238 e. The highest BCUT2D eigenvalue weighted by Gasteiger charge is 2.07. The second kappa shape index (κ2) is 5.79. The molecule has 0 aliphatic carbocycles. The minimum absolute atomic E-state index is 0.135. The normalized spacial score (nSPS) is 11.7. The number of sulfonamides is 1. The van der Waals surface area contributed by atoms with Gasteiger partial charge in [0.2, 0.25) is 10.0 Å². The average molecular weight is 297 g/mol. The Hall–Kier alpha value is -1.28. The lowest BCUT2D eigenvalue weighted by Crippen LogP contribution is -2.15. The highest BCUT2D eigenvalue weighted by molar-refractivity contribution is 7.89. The summed E-state index contributed by atoms with van der Waals surface area (Å²) in [6, 6.07) is 6.61. The third-order valence-electron chi connectivity index (χ3n) is 2.53. The minimum atomic E-state index is -3.64. The molecule has 1 aromatic heterocycles. The Kier molecular flexibility index (Phi) is 4.31. The molecule has 0 saturated carbocycles. The van der Waals surface area contributed by atoms with Crippen LogP contribution in [-0.4, -0.2) is 13.4 Å². The molecule has 0 bridgehead atoms. The van der Waals surface area contributed by atoms with Crippen LogP contribution in [0.2, 0.25) is 0 Å². The molecule has 0 aliphatic rings. The lowest BCUT2D eigenvalue weighted by molar-refractivity contribution is 0.597. The van der Waals surface area contributed by atoms with Gasteiger partial charge in [-0.05, 0) is 24.6 Å². The van der Waals surface area contributed by atoms with Crippen molar-refractivity contribution in [3.8, 4) is 0 Å². The Bertz CT molecular complexity index is 665. The van der Waals surface area contributed by atoms with Crippen molar-refractivity contribution < 1.29 is 8.42 Å². The molecule has 1 heterocycles. The zero-order chi connectivity index (χ0) is 13.9. The van der Waals surface area contributed by atoms with Crippen LogP contribution >= 0.6 is 11.3 Å². The van der Waals surface area contributed by atoms with E-state index in [1.165, 1.54) is 6.07 Å². The van der Waals surface area contributed by atoms with Gasteiger partial charge in [-0.2, -0.15) is 0 Å². The first-order valence-electron chi connectivity index (χ1n) is 5.68. The number of nitrogens with zero attached hydrogens (tertiary/aromatic N) is 1. The maximum atomic E-state index is 11.2. The number of nitrogens with one attached hydrogen (secondary N) is 1. The summed E-state index contributed by atoms with van der Waals surface area (Å²) in [7, 11) is -3.64. The lowest BCUT2D eigenvalue weighted by atomic mass is 10.2. The van der Waals surface area contributed by atoms with Crippen molar-refractivity contribution in [3.63, 3.8) is 0 Å². The van der Waals surface area contributed by atoms with E-state index in [2.05, 4.69) is 10.3 Å². The van der Waals surface area contributed by atoms with Crippen molar-refractivity contribution in [2.24, 2.45) is 5.14 Å². The van der Waals surface area contributed by atoms with Crippen molar-refractivity contribution in [2.45, 2.75) is 24.9 Å². The van der Waals surface area contributed by atoms with E-state index in [0.29, 0.717) is 13.1 Å². The Morgan fingerprint density at radius 3 is 2.79 bits per heavy atom. The van der Waals surface area contributed by atoms with Crippen LogP contribution in [0.25, 0.3) is 0 Å². The van der Waals surface area contributed by atoms with Crippen molar-refractivity contribution >= 4 is 21.4 Å². The largest absolute Gasteiger partial charge is 0.307 e. The van der Waals surface area contributed by atoms with Gasteiger partial charge >= 0.3 is 0 Å². The molecule has 0 spiro atoms. The van der Waals surface area contributed by atoms with Gasteiger partial charge in [0.25, 0.3) is 0 Å². The molecule has 19 heavy (non-hydrogen) atoms. The SMILES string of the molecule is Cc1nc(CNCc2cccc(S(N)(=O)=O)c2)cs1. The topological polar surface area (TPSA) is 85.1 Å². The average Bonchev–Trinajstić information content (AvgIpc) is 2.74. The predicted molar refractivity (Wildman–Crippen MR) is 75.2 cm³/mol. The van der Waals surface area contributed by atoms with Gasteiger partial charge in [-0.1, -0.05) is 12.1 Å². The van der Waals surface area contributed by atoms with Crippen molar-refractivity contribution in [3.05, 3.63) is 45.9 Å². The maximum Gasteiger partial charge on any atom is 0.238 e. The van der Waals surface area contributed by atoms with E-state index in [4.69, 9.17) is 5.14 Å². The molecule has 0 fully saturated rings. The van der Waals surface area contributed by atoms with Gasteiger partial charge in [0.1, 0.15) is 0 Å². The first-order valence-corrected chi connectivity index (χ1v) is 8.11. The van der Waals surface area contributed by atoms with Gasteiger partial charge in [0, 0.05) is 18.5 Å². The Morgan fingerprint density at radius 1 is 1.37 bits per heavy atom. The van der Waals surface area contributed by atoms with Crippen LogP contribution in [0.4, 0.5) is 0 Å². The van der Waals surface area contributed by atoms with Crippen LogP contribution in [-0.2, 0) is 23.1 Å². The Balaban J connectivity index is 1.96. The van der Waals surface area contributed by atoms with E-state index in [1.807, 2.05) is 18.4 Å².